The summed E-state index contributed by atoms with van der Waals surface area (Å²) in [4.78, 5) is 8.95. The zero-order valence-corrected chi connectivity index (χ0v) is 16.5. The molecule has 23 heavy (non-hydrogen) atoms. The van der Waals surface area contributed by atoms with Crippen LogP contribution >= 0.6 is 35.3 Å². The van der Waals surface area contributed by atoms with Crippen LogP contribution < -0.4 is 11.1 Å². The van der Waals surface area contributed by atoms with Gasteiger partial charge in [0.25, 0.3) is 0 Å². The van der Waals surface area contributed by atoms with Crippen LogP contribution in [0.2, 0.25) is 0 Å². The fourth-order valence-corrected chi connectivity index (χ4v) is 2.88. The molecule has 1 aromatic heterocycles. The number of nitrogens with zero attached hydrogens (tertiary/aromatic N) is 2. The average Bonchev–Trinajstić information content (AvgIpc) is 2.97. The molecule has 1 heterocycles. The number of hydrogen-bond acceptors (Lipinski definition) is 4. The molecule has 0 aliphatic heterocycles. The van der Waals surface area contributed by atoms with Gasteiger partial charge in [-0.2, -0.15) is 0 Å². The number of halogens is 1. The van der Waals surface area contributed by atoms with Gasteiger partial charge in [-0.1, -0.05) is 30.3 Å². The van der Waals surface area contributed by atoms with Gasteiger partial charge in [-0.05, 0) is 6.92 Å². The van der Waals surface area contributed by atoms with Gasteiger partial charge in [-0.15, -0.1) is 35.3 Å². The highest BCUT2D eigenvalue weighted by atomic mass is 127. The number of thiazole rings is 1. The van der Waals surface area contributed by atoms with Crippen molar-refractivity contribution in [2.24, 2.45) is 10.7 Å². The first-order valence-electron chi connectivity index (χ1n) is 7.24. The molecule has 0 amide bonds. The molecule has 1 unspecified atom stereocenters. The average molecular weight is 446 g/mol. The highest BCUT2D eigenvalue weighted by molar-refractivity contribution is 14.0. The van der Waals surface area contributed by atoms with Crippen LogP contribution in [0.3, 0.4) is 0 Å². The fraction of sp³-hybridized carbons (Fsp3) is 0.375. The summed E-state index contributed by atoms with van der Waals surface area (Å²) in [5.74, 6) is 0.447. The van der Waals surface area contributed by atoms with E-state index in [9.17, 15) is 0 Å². The molecule has 0 bridgehead atoms. The Morgan fingerprint density at radius 1 is 1.39 bits per heavy atom. The smallest absolute Gasteiger partial charge is 0.188 e. The number of methoxy groups -OCH3 is 1. The molecule has 0 spiro atoms. The van der Waals surface area contributed by atoms with E-state index in [1.165, 1.54) is 0 Å². The third-order valence-electron chi connectivity index (χ3n) is 3.03. The van der Waals surface area contributed by atoms with Gasteiger partial charge in [0.15, 0.2) is 5.96 Å². The van der Waals surface area contributed by atoms with Crippen LogP contribution in [-0.2, 0) is 11.2 Å². The maximum Gasteiger partial charge on any atom is 0.188 e. The summed E-state index contributed by atoms with van der Waals surface area (Å²) in [5, 5.41) is 6.20. The maximum atomic E-state index is 5.83. The van der Waals surface area contributed by atoms with E-state index in [-0.39, 0.29) is 30.0 Å². The number of benzene rings is 1. The molecule has 0 saturated carbocycles. The van der Waals surface area contributed by atoms with Crippen molar-refractivity contribution in [2.75, 3.05) is 20.3 Å². The molecule has 7 heteroatoms. The zero-order valence-electron chi connectivity index (χ0n) is 13.4. The summed E-state index contributed by atoms with van der Waals surface area (Å²) in [5.41, 5.74) is 8.03. The van der Waals surface area contributed by atoms with Crippen molar-refractivity contribution in [3.63, 3.8) is 0 Å². The van der Waals surface area contributed by atoms with Crippen LogP contribution in [0, 0.1) is 0 Å². The molecule has 0 aliphatic carbocycles. The van der Waals surface area contributed by atoms with E-state index in [4.69, 9.17) is 10.5 Å². The van der Waals surface area contributed by atoms with Crippen molar-refractivity contribution in [1.29, 1.82) is 0 Å². The van der Waals surface area contributed by atoms with Crippen molar-refractivity contribution < 1.29 is 4.74 Å². The fourth-order valence-electron chi connectivity index (χ4n) is 2.02. The second-order valence-electron chi connectivity index (χ2n) is 5.03. The Kier molecular flexibility index (Phi) is 9.12. The van der Waals surface area contributed by atoms with E-state index in [1.807, 2.05) is 25.1 Å². The summed E-state index contributed by atoms with van der Waals surface area (Å²) < 4.78 is 5.04. The van der Waals surface area contributed by atoms with Crippen molar-refractivity contribution in [3.8, 4) is 10.6 Å². The Hall–Kier alpha value is -1.19. The van der Waals surface area contributed by atoms with E-state index in [2.05, 4.69) is 32.8 Å². The van der Waals surface area contributed by atoms with Gasteiger partial charge in [-0.3, -0.25) is 4.99 Å². The minimum atomic E-state index is 0. The number of rotatable bonds is 7. The highest BCUT2D eigenvalue weighted by Crippen LogP contribution is 2.23. The van der Waals surface area contributed by atoms with Gasteiger partial charge in [0.05, 0.1) is 12.3 Å². The third kappa shape index (κ3) is 6.84. The number of aromatic nitrogens is 1. The summed E-state index contributed by atoms with van der Waals surface area (Å²) >= 11 is 1.66. The normalized spacial score (nSPS) is 12.5. The first-order valence-corrected chi connectivity index (χ1v) is 8.12. The second-order valence-corrected chi connectivity index (χ2v) is 5.89. The Morgan fingerprint density at radius 3 is 2.83 bits per heavy atom. The highest BCUT2D eigenvalue weighted by Gasteiger charge is 2.04. The van der Waals surface area contributed by atoms with Gasteiger partial charge in [0.1, 0.15) is 5.01 Å². The number of nitrogens with one attached hydrogen (secondary N) is 1. The first-order chi connectivity index (χ1) is 10.7. The lowest BCUT2D eigenvalue weighted by Crippen LogP contribution is -2.40. The minimum absolute atomic E-state index is 0. The summed E-state index contributed by atoms with van der Waals surface area (Å²) in [6, 6.07) is 10.3. The van der Waals surface area contributed by atoms with Crippen LogP contribution in [0.1, 0.15) is 12.6 Å². The number of hydrogen-bond donors (Lipinski definition) is 2. The Morgan fingerprint density at radius 2 is 2.13 bits per heavy atom. The molecule has 2 rings (SSSR count). The van der Waals surface area contributed by atoms with E-state index < -0.39 is 0 Å². The quantitative estimate of drug-likeness (QED) is 0.390. The zero-order chi connectivity index (χ0) is 15.8. The van der Waals surface area contributed by atoms with Crippen LogP contribution in [-0.4, -0.2) is 37.2 Å². The molecule has 3 N–H and O–H groups in total. The van der Waals surface area contributed by atoms with Crippen LogP contribution in [0.25, 0.3) is 10.6 Å². The van der Waals surface area contributed by atoms with Gasteiger partial charge in [0, 0.05) is 37.1 Å². The molecule has 1 atom stereocenters. The Bertz CT molecular complexity index is 603. The second kappa shape index (κ2) is 10.6. The van der Waals surface area contributed by atoms with Crippen LogP contribution in [0.5, 0.6) is 0 Å². The lowest BCUT2D eigenvalue weighted by molar-refractivity contribution is 0.179. The van der Waals surface area contributed by atoms with Gasteiger partial charge >= 0.3 is 0 Å². The van der Waals surface area contributed by atoms with E-state index in [1.54, 1.807) is 18.4 Å². The molecular weight excluding hydrogens is 423 g/mol. The molecular formula is C16H23IN4OS. The maximum absolute atomic E-state index is 5.83. The molecule has 0 aliphatic rings. The topological polar surface area (TPSA) is 72.5 Å². The molecule has 126 valence electrons. The Balaban J connectivity index is 0.00000264. The first kappa shape index (κ1) is 19.9. The van der Waals surface area contributed by atoms with Gasteiger partial charge in [-0.25, -0.2) is 4.98 Å². The van der Waals surface area contributed by atoms with Crippen molar-refractivity contribution in [1.82, 2.24) is 10.3 Å². The lowest BCUT2D eigenvalue weighted by atomic mass is 10.2. The number of guanidine groups is 1. The van der Waals surface area contributed by atoms with E-state index in [0.29, 0.717) is 19.1 Å². The molecule has 2 aromatic rings. The largest absolute Gasteiger partial charge is 0.383 e. The van der Waals surface area contributed by atoms with Crippen LogP contribution in [0.15, 0.2) is 40.7 Å². The SMILES string of the molecule is COCC(C)NC(N)=NCCc1csc(-c2ccccc2)n1.I. The molecule has 0 saturated heterocycles. The molecule has 5 nitrogen and oxygen atoms in total. The predicted molar refractivity (Wildman–Crippen MR) is 108 cm³/mol. The minimum Gasteiger partial charge on any atom is -0.383 e. The molecule has 1 aromatic carbocycles. The van der Waals surface area contributed by atoms with Crippen molar-refractivity contribution >= 4 is 41.3 Å². The van der Waals surface area contributed by atoms with Crippen molar-refractivity contribution in [3.05, 3.63) is 41.4 Å². The third-order valence-corrected chi connectivity index (χ3v) is 3.97. The number of nitrogens with two attached hydrogens (primary N) is 1. The molecule has 0 fully saturated rings. The molecule has 0 radical (unpaired) electrons. The lowest BCUT2D eigenvalue weighted by Gasteiger charge is -2.12. The standard InChI is InChI=1S/C16H22N4OS.HI/c1-12(10-21-2)19-16(17)18-9-8-14-11-22-15(20-14)13-6-4-3-5-7-13;/h3-7,11-12H,8-10H2,1-2H3,(H3,17,18,19);1H. The predicted octanol–water partition coefficient (Wildman–Crippen LogP) is 2.91. The summed E-state index contributed by atoms with van der Waals surface area (Å²) in [6.45, 7) is 3.22. The van der Waals surface area contributed by atoms with Crippen LogP contribution in [0.4, 0.5) is 0 Å². The summed E-state index contributed by atoms with van der Waals surface area (Å²) in [6.07, 6.45) is 0.782. The van der Waals surface area contributed by atoms with E-state index in [0.717, 1.165) is 22.7 Å². The summed E-state index contributed by atoms with van der Waals surface area (Å²) in [7, 11) is 1.66. The monoisotopic (exact) mass is 446 g/mol. The number of aliphatic imine (C=N–C) groups is 1. The number of ether oxygens (including phenoxy) is 1. The van der Waals surface area contributed by atoms with E-state index >= 15 is 0 Å². The van der Waals surface area contributed by atoms with Gasteiger partial charge in [0.2, 0.25) is 0 Å². The van der Waals surface area contributed by atoms with Gasteiger partial charge < -0.3 is 15.8 Å². The van der Waals surface area contributed by atoms with Crippen molar-refractivity contribution in [2.45, 2.75) is 19.4 Å². The Labute approximate surface area is 158 Å².